The number of phenols is 1. The Balaban J connectivity index is 1.56. The lowest BCUT2D eigenvalue weighted by Crippen LogP contribution is -2.49. The second-order valence-electron chi connectivity index (χ2n) is 11.3. The van der Waals surface area contributed by atoms with Crippen LogP contribution in [0.25, 0.3) is 0 Å². The number of hydrogen-bond acceptors (Lipinski definition) is 5. The third-order valence-corrected chi connectivity index (χ3v) is 7.88. The molecule has 0 saturated heterocycles. The van der Waals surface area contributed by atoms with Crippen LogP contribution in [0.2, 0.25) is 0 Å². The Bertz CT molecular complexity index is 1290. The van der Waals surface area contributed by atoms with Crippen LogP contribution in [0, 0.1) is 0 Å². The molecule has 7 nitrogen and oxygen atoms in total. The van der Waals surface area contributed by atoms with Crippen molar-refractivity contribution in [3.8, 4) is 11.5 Å². The molecule has 2 aliphatic rings. The van der Waals surface area contributed by atoms with Gasteiger partial charge in [0.25, 0.3) is 5.91 Å². The van der Waals surface area contributed by atoms with Gasteiger partial charge in [0.15, 0.2) is 0 Å². The molecule has 4 rings (SSSR count). The number of benzene rings is 2. The van der Waals surface area contributed by atoms with Crippen LogP contribution in [0.3, 0.4) is 0 Å². The first-order valence-electron chi connectivity index (χ1n) is 13.6. The largest absolute Gasteiger partial charge is 0.508 e. The number of aliphatic hydroxyl groups excluding tert-OH is 1. The van der Waals surface area contributed by atoms with Gasteiger partial charge in [-0.3, -0.25) is 4.79 Å². The van der Waals surface area contributed by atoms with Crippen LogP contribution in [-0.2, 0) is 24.2 Å². The van der Waals surface area contributed by atoms with Gasteiger partial charge < -0.3 is 25.0 Å². The average molecular weight is 534 g/mol. The molecule has 3 unspecified atom stereocenters. The smallest absolute Gasteiger partial charge is 0.326 e. The topological polar surface area (TPSA) is 107 Å². The van der Waals surface area contributed by atoms with E-state index in [-0.39, 0.29) is 30.7 Å². The van der Waals surface area contributed by atoms with Gasteiger partial charge in [-0.2, -0.15) is 0 Å². The minimum atomic E-state index is -1.09. The molecule has 0 aromatic heterocycles. The molecule has 3 atom stereocenters. The van der Waals surface area contributed by atoms with E-state index in [9.17, 15) is 24.9 Å². The van der Waals surface area contributed by atoms with Crippen molar-refractivity contribution in [2.75, 3.05) is 0 Å². The molecule has 39 heavy (non-hydrogen) atoms. The molecule has 2 heterocycles. The number of aliphatic hydroxyl groups is 1. The Kier molecular flexibility index (Phi) is 8.50. The first-order valence-corrected chi connectivity index (χ1v) is 13.6. The number of aliphatic carboxylic acids is 1. The molecular weight excluding hydrogens is 494 g/mol. The van der Waals surface area contributed by atoms with E-state index >= 15 is 0 Å². The van der Waals surface area contributed by atoms with Gasteiger partial charge in [-0.15, -0.1) is 0 Å². The SMILES string of the molecule is CC(C)=CCC/C(C)=C/CCC1(C)Oc2c(c(O)cc3c2CN(C(Cc2ccccc2)C(=O)O)C3=O)CC1O. The highest BCUT2D eigenvalue weighted by Crippen LogP contribution is 2.46. The van der Waals surface area contributed by atoms with Crippen LogP contribution in [0.5, 0.6) is 11.5 Å². The van der Waals surface area contributed by atoms with E-state index < -0.39 is 29.6 Å². The maximum atomic E-state index is 13.4. The van der Waals surface area contributed by atoms with Gasteiger partial charge in [-0.05, 0) is 65.0 Å². The molecule has 0 fully saturated rings. The Labute approximate surface area is 230 Å². The van der Waals surface area contributed by atoms with E-state index in [4.69, 9.17) is 4.74 Å². The van der Waals surface area contributed by atoms with Gasteiger partial charge in [0.1, 0.15) is 23.1 Å². The molecule has 1 amide bonds. The van der Waals surface area contributed by atoms with Crippen LogP contribution in [0.15, 0.2) is 59.7 Å². The van der Waals surface area contributed by atoms with Crippen molar-refractivity contribution in [1.82, 2.24) is 4.90 Å². The fourth-order valence-corrected chi connectivity index (χ4v) is 5.44. The lowest BCUT2D eigenvalue weighted by molar-refractivity contribution is -0.142. The van der Waals surface area contributed by atoms with Gasteiger partial charge >= 0.3 is 5.97 Å². The highest BCUT2D eigenvalue weighted by molar-refractivity contribution is 6.02. The number of fused-ring (bicyclic) bond motifs is 3. The number of carboxylic acid groups (broad SMARTS) is 1. The van der Waals surface area contributed by atoms with Crippen molar-refractivity contribution >= 4 is 11.9 Å². The molecule has 2 aromatic rings. The molecule has 208 valence electrons. The van der Waals surface area contributed by atoms with Gasteiger partial charge in [-0.25, -0.2) is 4.79 Å². The van der Waals surface area contributed by atoms with Crippen molar-refractivity contribution in [3.63, 3.8) is 0 Å². The number of carbonyl (C=O) groups is 2. The second-order valence-corrected chi connectivity index (χ2v) is 11.3. The fraction of sp³-hybridized carbons (Fsp3) is 0.438. The molecule has 2 aromatic carbocycles. The number of hydrogen-bond donors (Lipinski definition) is 3. The van der Waals surface area contributed by atoms with Crippen LogP contribution < -0.4 is 4.74 Å². The summed E-state index contributed by atoms with van der Waals surface area (Å²) in [5.74, 6) is -1.27. The zero-order valence-electron chi connectivity index (χ0n) is 23.2. The number of nitrogens with zero attached hydrogens (tertiary/aromatic N) is 1. The summed E-state index contributed by atoms with van der Waals surface area (Å²) in [7, 11) is 0. The van der Waals surface area contributed by atoms with E-state index in [0.29, 0.717) is 29.7 Å². The van der Waals surface area contributed by atoms with Gasteiger partial charge in [0, 0.05) is 24.0 Å². The summed E-state index contributed by atoms with van der Waals surface area (Å²) in [6.45, 7) is 8.20. The number of carbonyl (C=O) groups excluding carboxylic acids is 1. The van der Waals surface area contributed by atoms with Crippen LogP contribution in [-0.4, -0.2) is 49.8 Å². The quantitative estimate of drug-likeness (QED) is 0.345. The van der Waals surface area contributed by atoms with Crippen molar-refractivity contribution < 1.29 is 29.6 Å². The Morgan fingerprint density at radius 2 is 1.87 bits per heavy atom. The van der Waals surface area contributed by atoms with Gasteiger partial charge in [0.05, 0.1) is 18.2 Å². The summed E-state index contributed by atoms with van der Waals surface area (Å²) in [6, 6.07) is 9.53. The van der Waals surface area contributed by atoms with E-state index in [1.807, 2.05) is 37.3 Å². The molecular formula is C32H39NO6. The number of amides is 1. The zero-order valence-corrected chi connectivity index (χ0v) is 23.2. The third kappa shape index (κ3) is 6.19. The van der Waals surface area contributed by atoms with E-state index in [0.717, 1.165) is 18.4 Å². The number of aromatic hydroxyl groups is 1. The van der Waals surface area contributed by atoms with Crippen molar-refractivity contribution in [2.45, 2.75) is 90.5 Å². The third-order valence-electron chi connectivity index (χ3n) is 7.88. The minimum Gasteiger partial charge on any atom is -0.508 e. The molecule has 0 saturated carbocycles. The van der Waals surface area contributed by atoms with Crippen LogP contribution in [0.1, 0.15) is 80.4 Å². The first-order chi connectivity index (χ1) is 18.5. The predicted octanol–water partition coefficient (Wildman–Crippen LogP) is 5.57. The summed E-state index contributed by atoms with van der Waals surface area (Å²) < 4.78 is 6.43. The number of allylic oxidation sites excluding steroid dienone is 4. The van der Waals surface area contributed by atoms with Gasteiger partial charge in [0.2, 0.25) is 0 Å². The monoisotopic (exact) mass is 533 g/mol. The Morgan fingerprint density at radius 1 is 1.15 bits per heavy atom. The highest BCUT2D eigenvalue weighted by atomic mass is 16.5. The fourth-order valence-electron chi connectivity index (χ4n) is 5.44. The maximum Gasteiger partial charge on any atom is 0.326 e. The Hall–Kier alpha value is -3.58. The summed E-state index contributed by atoms with van der Waals surface area (Å²) in [5.41, 5.74) is 3.75. The van der Waals surface area contributed by atoms with Crippen molar-refractivity contribution in [3.05, 3.63) is 82.0 Å². The number of carboxylic acids is 1. The highest BCUT2D eigenvalue weighted by Gasteiger charge is 2.45. The molecule has 0 radical (unpaired) electrons. The molecule has 0 bridgehead atoms. The van der Waals surface area contributed by atoms with Crippen molar-refractivity contribution in [2.24, 2.45) is 0 Å². The lowest BCUT2D eigenvalue weighted by atomic mass is 9.84. The van der Waals surface area contributed by atoms with Gasteiger partial charge in [-0.1, -0.05) is 53.6 Å². The molecule has 0 aliphatic carbocycles. The zero-order chi connectivity index (χ0) is 28.3. The lowest BCUT2D eigenvalue weighted by Gasteiger charge is -2.41. The van der Waals surface area contributed by atoms with Crippen LogP contribution >= 0.6 is 0 Å². The summed E-state index contributed by atoms with van der Waals surface area (Å²) in [5, 5.41) is 31.8. The van der Waals surface area contributed by atoms with Crippen molar-refractivity contribution in [1.29, 1.82) is 0 Å². The predicted molar refractivity (Wildman–Crippen MR) is 150 cm³/mol. The normalized spacial score (nSPS) is 21.2. The van der Waals surface area contributed by atoms with E-state index in [2.05, 4.69) is 32.9 Å². The minimum absolute atomic E-state index is 0.0656. The molecule has 2 aliphatic heterocycles. The summed E-state index contributed by atoms with van der Waals surface area (Å²) >= 11 is 0. The van der Waals surface area contributed by atoms with E-state index in [1.54, 1.807) is 0 Å². The number of phenolic OH excluding ortho intramolecular Hbond substituents is 1. The Morgan fingerprint density at radius 3 is 2.54 bits per heavy atom. The molecule has 3 N–H and O–H groups in total. The first kappa shape index (κ1) is 28.4. The average Bonchev–Trinajstić information content (AvgIpc) is 3.20. The molecule has 0 spiro atoms. The second kappa shape index (κ2) is 11.7. The number of rotatable bonds is 10. The number of ether oxygens (including phenoxy) is 1. The molecule has 7 heteroatoms. The maximum absolute atomic E-state index is 13.4. The summed E-state index contributed by atoms with van der Waals surface area (Å²) in [4.78, 5) is 27.0. The van der Waals surface area contributed by atoms with Crippen LogP contribution in [0.4, 0.5) is 0 Å². The summed E-state index contributed by atoms with van der Waals surface area (Å²) in [6.07, 6.45) is 7.15. The van der Waals surface area contributed by atoms with E-state index in [1.165, 1.54) is 22.1 Å². The standard InChI is InChI=1S/C32H39NO6/c1-20(2)10-8-11-21(3)12-9-15-32(4)28(35)18-24-27(34)17-23-25(29(24)39-32)19-33(30(23)36)26(31(37)38)16-22-13-6-5-7-14-22/h5-7,10,12-14,17,26,28,34-35H,8-9,11,15-16,18-19H2,1-4H3,(H,37,38)/b21-12+.